The number of allylic oxidation sites excluding steroid dienone is 2. The topological polar surface area (TPSA) is 63.9 Å². The number of carbonyl (C=O) groups is 1. The third kappa shape index (κ3) is 3.98. The molecule has 0 spiro atoms. The fraction of sp³-hybridized carbons (Fsp3) is 0.474. The molecule has 6 nitrogen and oxygen atoms in total. The van der Waals surface area contributed by atoms with E-state index in [0.29, 0.717) is 10.9 Å². The maximum absolute atomic E-state index is 12.8. The minimum absolute atomic E-state index is 0.125. The van der Waals surface area contributed by atoms with Gasteiger partial charge in [-0.25, -0.2) is 0 Å². The van der Waals surface area contributed by atoms with Gasteiger partial charge in [0.15, 0.2) is 0 Å². The SMILES string of the molecule is CCCN(C(=O)CSc1nnnn1-c1cccc(C)c1C)C1=CCCC1. The smallest absolute Gasteiger partial charge is 0.237 e. The van der Waals surface area contributed by atoms with Gasteiger partial charge in [0.1, 0.15) is 0 Å². The molecule has 2 aromatic rings. The molecule has 0 atom stereocenters. The van der Waals surface area contributed by atoms with E-state index < -0.39 is 0 Å². The van der Waals surface area contributed by atoms with Crippen LogP contribution in [0.4, 0.5) is 0 Å². The molecule has 1 heterocycles. The van der Waals surface area contributed by atoms with Crippen LogP contribution in [0.1, 0.15) is 43.7 Å². The van der Waals surface area contributed by atoms with Crippen molar-refractivity contribution in [1.82, 2.24) is 25.1 Å². The summed E-state index contributed by atoms with van der Waals surface area (Å²) in [6.07, 6.45) is 6.35. The van der Waals surface area contributed by atoms with Gasteiger partial charge in [-0.1, -0.05) is 36.9 Å². The Morgan fingerprint density at radius 2 is 2.19 bits per heavy atom. The Bertz CT molecular complexity index is 814. The predicted octanol–water partition coefficient (Wildman–Crippen LogP) is 3.68. The van der Waals surface area contributed by atoms with Crippen molar-refractivity contribution in [1.29, 1.82) is 0 Å². The standard InChI is InChI=1S/C19H25N5OS/c1-4-12-23(16-9-5-6-10-16)18(25)13-26-19-20-21-22-24(19)17-11-7-8-14(2)15(17)3/h7-9,11H,4-6,10,12-13H2,1-3H3. The van der Waals surface area contributed by atoms with E-state index in [0.717, 1.165) is 43.5 Å². The molecule has 1 aromatic heterocycles. The molecule has 0 saturated carbocycles. The Labute approximate surface area is 158 Å². The normalized spacial score (nSPS) is 13.7. The highest BCUT2D eigenvalue weighted by atomic mass is 32.2. The van der Waals surface area contributed by atoms with Crippen LogP contribution in [0.5, 0.6) is 0 Å². The summed E-state index contributed by atoms with van der Waals surface area (Å²) in [7, 11) is 0. The van der Waals surface area contributed by atoms with E-state index in [-0.39, 0.29) is 5.91 Å². The molecule has 1 aliphatic carbocycles. The van der Waals surface area contributed by atoms with Crippen molar-refractivity contribution in [3.63, 3.8) is 0 Å². The molecule has 0 fully saturated rings. The van der Waals surface area contributed by atoms with Crippen LogP contribution >= 0.6 is 11.8 Å². The first-order valence-corrected chi connectivity index (χ1v) is 10.1. The van der Waals surface area contributed by atoms with E-state index in [2.05, 4.69) is 48.4 Å². The summed E-state index contributed by atoms with van der Waals surface area (Å²) >= 11 is 1.39. The highest BCUT2D eigenvalue weighted by molar-refractivity contribution is 7.99. The van der Waals surface area contributed by atoms with E-state index >= 15 is 0 Å². The lowest BCUT2D eigenvalue weighted by atomic mass is 10.1. The number of aryl methyl sites for hydroxylation is 1. The number of benzene rings is 1. The largest absolute Gasteiger partial charge is 0.316 e. The number of hydrogen-bond donors (Lipinski definition) is 0. The number of nitrogens with zero attached hydrogens (tertiary/aromatic N) is 5. The van der Waals surface area contributed by atoms with Crippen molar-refractivity contribution in [3.05, 3.63) is 41.1 Å². The number of hydrogen-bond acceptors (Lipinski definition) is 5. The molecule has 1 aliphatic rings. The van der Waals surface area contributed by atoms with Gasteiger partial charge in [-0.3, -0.25) is 4.79 Å². The first kappa shape index (κ1) is 18.6. The summed E-state index contributed by atoms with van der Waals surface area (Å²) in [6.45, 7) is 7.00. The van der Waals surface area contributed by atoms with Crippen molar-refractivity contribution in [3.8, 4) is 5.69 Å². The zero-order valence-electron chi connectivity index (χ0n) is 15.6. The lowest BCUT2D eigenvalue weighted by Crippen LogP contribution is -2.32. The average Bonchev–Trinajstić information content (AvgIpc) is 3.31. The van der Waals surface area contributed by atoms with Gasteiger partial charge in [-0.2, -0.15) is 4.68 Å². The van der Waals surface area contributed by atoms with Gasteiger partial charge in [0.2, 0.25) is 11.1 Å². The van der Waals surface area contributed by atoms with E-state index in [1.165, 1.54) is 23.0 Å². The van der Waals surface area contributed by atoms with Crippen LogP contribution in [-0.2, 0) is 4.79 Å². The zero-order valence-corrected chi connectivity index (χ0v) is 16.4. The summed E-state index contributed by atoms with van der Waals surface area (Å²) in [5, 5.41) is 12.7. The third-order valence-electron chi connectivity index (χ3n) is 4.68. The highest BCUT2D eigenvalue weighted by Gasteiger charge is 2.21. The molecule has 0 saturated heterocycles. The Kier molecular flexibility index (Phi) is 6.08. The summed E-state index contributed by atoms with van der Waals surface area (Å²) in [5.74, 6) is 0.461. The van der Waals surface area contributed by atoms with E-state index in [1.807, 2.05) is 17.0 Å². The van der Waals surface area contributed by atoms with Gasteiger partial charge in [0, 0.05) is 12.2 Å². The maximum Gasteiger partial charge on any atom is 0.237 e. The van der Waals surface area contributed by atoms with Gasteiger partial charge >= 0.3 is 0 Å². The number of amides is 1. The molecule has 0 N–H and O–H groups in total. The van der Waals surface area contributed by atoms with Crippen molar-refractivity contribution in [2.24, 2.45) is 0 Å². The molecule has 1 aromatic carbocycles. The number of rotatable bonds is 7. The molecule has 7 heteroatoms. The maximum atomic E-state index is 12.8. The van der Waals surface area contributed by atoms with Gasteiger partial charge in [0.05, 0.1) is 11.4 Å². The Morgan fingerprint density at radius 3 is 2.92 bits per heavy atom. The molecular weight excluding hydrogens is 346 g/mol. The second-order valence-electron chi connectivity index (χ2n) is 6.51. The van der Waals surface area contributed by atoms with Crippen LogP contribution in [0, 0.1) is 13.8 Å². The quantitative estimate of drug-likeness (QED) is 0.695. The van der Waals surface area contributed by atoms with Crippen LogP contribution in [0.2, 0.25) is 0 Å². The Balaban J connectivity index is 1.73. The van der Waals surface area contributed by atoms with Crippen LogP contribution in [0.3, 0.4) is 0 Å². The van der Waals surface area contributed by atoms with Crippen LogP contribution in [0.15, 0.2) is 35.1 Å². The minimum Gasteiger partial charge on any atom is -0.316 e. The van der Waals surface area contributed by atoms with Crippen LogP contribution in [-0.4, -0.2) is 43.3 Å². The number of aromatic nitrogens is 4. The van der Waals surface area contributed by atoms with Gasteiger partial charge in [0.25, 0.3) is 0 Å². The monoisotopic (exact) mass is 371 g/mol. The highest BCUT2D eigenvalue weighted by Crippen LogP contribution is 2.25. The Hall–Kier alpha value is -2.15. The van der Waals surface area contributed by atoms with Crippen molar-refractivity contribution in [2.45, 2.75) is 51.6 Å². The lowest BCUT2D eigenvalue weighted by Gasteiger charge is -2.23. The van der Waals surface area contributed by atoms with E-state index in [1.54, 1.807) is 4.68 Å². The molecule has 0 bridgehead atoms. The summed E-state index contributed by atoms with van der Waals surface area (Å²) < 4.78 is 1.72. The molecule has 1 amide bonds. The van der Waals surface area contributed by atoms with Gasteiger partial charge in [-0.05, 0) is 67.2 Å². The van der Waals surface area contributed by atoms with Crippen LogP contribution in [0.25, 0.3) is 5.69 Å². The van der Waals surface area contributed by atoms with E-state index in [9.17, 15) is 4.79 Å². The first-order valence-electron chi connectivity index (χ1n) is 9.09. The lowest BCUT2D eigenvalue weighted by molar-refractivity contribution is -0.126. The number of carbonyl (C=O) groups excluding carboxylic acids is 1. The molecule has 3 rings (SSSR count). The molecule has 0 aliphatic heterocycles. The third-order valence-corrected chi connectivity index (χ3v) is 5.59. The summed E-state index contributed by atoms with van der Waals surface area (Å²) in [5.41, 5.74) is 4.45. The second kappa shape index (κ2) is 8.49. The first-order chi connectivity index (χ1) is 12.6. The molecule has 26 heavy (non-hydrogen) atoms. The van der Waals surface area contributed by atoms with E-state index in [4.69, 9.17) is 0 Å². The molecule has 0 radical (unpaired) electrons. The number of thioether (sulfide) groups is 1. The van der Waals surface area contributed by atoms with Crippen molar-refractivity contribution < 1.29 is 4.79 Å². The van der Waals surface area contributed by atoms with Crippen molar-refractivity contribution in [2.75, 3.05) is 12.3 Å². The molecule has 0 unspecified atom stereocenters. The second-order valence-corrected chi connectivity index (χ2v) is 7.46. The molecular formula is C19H25N5OS. The number of tetrazole rings is 1. The fourth-order valence-corrected chi connectivity index (χ4v) is 3.90. The van der Waals surface area contributed by atoms with Crippen LogP contribution < -0.4 is 0 Å². The predicted molar refractivity (Wildman–Crippen MR) is 103 cm³/mol. The summed E-state index contributed by atoms with van der Waals surface area (Å²) in [6, 6.07) is 6.06. The minimum atomic E-state index is 0.125. The van der Waals surface area contributed by atoms with Gasteiger partial charge < -0.3 is 4.90 Å². The zero-order chi connectivity index (χ0) is 18.5. The van der Waals surface area contributed by atoms with Gasteiger partial charge in [-0.15, -0.1) is 5.10 Å². The van der Waals surface area contributed by atoms with Crippen molar-refractivity contribution >= 4 is 17.7 Å². The molecule has 138 valence electrons. The average molecular weight is 372 g/mol. The fourth-order valence-electron chi connectivity index (χ4n) is 3.14. The summed E-state index contributed by atoms with van der Waals surface area (Å²) in [4.78, 5) is 14.7. The Morgan fingerprint density at radius 1 is 1.35 bits per heavy atom.